The molecule has 0 saturated heterocycles. The molecule has 6 rings (SSSR count). The van der Waals surface area contributed by atoms with Crippen molar-refractivity contribution in [3.8, 4) is 0 Å². The van der Waals surface area contributed by atoms with Gasteiger partial charge in [-0.15, -0.1) is 11.8 Å². The van der Waals surface area contributed by atoms with Crippen molar-refractivity contribution < 1.29 is 14.4 Å². The van der Waals surface area contributed by atoms with Crippen LogP contribution in [0.4, 0.5) is 0 Å². The van der Waals surface area contributed by atoms with Gasteiger partial charge in [-0.2, -0.15) is 0 Å². The number of unbranched alkanes of at least 4 members (excludes halogenated alkanes) is 5. The van der Waals surface area contributed by atoms with Crippen molar-refractivity contribution in [2.45, 2.75) is 114 Å². The summed E-state index contributed by atoms with van der Waals surface area (Å²) < 4.78 is 0. The number of nitrogens with zero attached hydrogens (tertiary/aromatic N) is 1. The van der Waals surface area contributed by atoms with Gasteiger partial charge in [0.1, 0.15) is 6.29 Å². The number of aldehydes is 1. The molecule has 1 heterocycles. The summed E-state index contributed by atoms with van der Waals surface area (Å²) in [5.74, 6) is 1.86. The molecule has 2 N–H and O–H groups in total. The summed E-state index contributed by atoms with van der Waals surface area (Å²) in [5.41, 5.74) is 4.24. The fourth-order valence-electron chi connectivity index (χ4n) is 10.9. The zero-order valence-electron chi connectivity index (χ0n) is 24.7. The Morgan fingerprint density at radius 2 is 1.88 bits per heavy atom. The van der Waals surface area contributed by atoms with E-state index in [1.165, 1.54) is 70.8 Å². The first-order valence-corrected chi connectivity index (χ1v) is 16.7. The average Bonchev–Trinajstić information content (AvgIpc) is 3.24. The molecule has 4 fully saturated rings. The minimum absolute atomic E-state index is 0.0990. The van der Waals surface area contributed by atoms with Crippen LogP contribution in [0, 0.1) is 22.2 Å². The van der Waals surface area contributed by atoms with Gasteiger partial charge in [-0.25, -0.2) is 0 Å². The van der Waals surface area contributed by atoms with E-state index in [0.717, 1.165) is 28.4 Å². The standard InChI is InChI=1S/C33H47N3O3S/c1-30-17-23-18-32(22-31(2,21-30)33(23,30)32)35-15-8-6-4-5-7-9-16-40-27-12-10-11-25-26(27)19-36(29(25)39)24(20-37)13-14-28(38)34-3/h10-12,20,23-24,35H,4-9,13-19,21-22H2,1-3H3,(H,34,38). The van der Waals surface area contributed by atoms with Crippen LogP contribution < -0.4 is 10.6 Å². The Morgan fingerprint density at radius 3 is 2.58 bits per heavy atom. The fourth-order valence-corrected chi connectivity index (χ4v) is 12.0. The van der Waals surface area contributed by atoms with Gasteiger partial charge in [-0.1, -0.05) is 45.6 Å². The van der Waals surface area contributed by atoms with E-state index in [-0.39, 0.29) is 18.2 Å². The Morgan fingerprint density at radius 1 is 1.10 bits per heavy atom. The topological polar surface area (TPSA) is 78.5 Å². The van der Waals surface area contributed by atoms with Crippen LogP contribution in [0.25, 0.3) is 0 Å². The van der Waals surface area contributed by atoms with E-state index in [4.69, 9.17) is 0 Å². The lowest BCUT2D eigenvalue weighted by molar-refractivity contribution is -0.484. The van der Waals surface area contributed by atoms with Crippen LogP contribution in [0.3, 0.4) is 0 Å². The van der Waals surface area contributed by atoms with Gasteiger partial charge in [0, 0.05) is 41.4 Å². The van der Waals surface area contributed by atoms with Gasteiger partial charge in [0.25, 0.3) is 5.91 Å². The monoisotopic (exact) mass is 565 g/mol. The van der Waals surface area contributed by atoms with E-state index in [1.54, 1.807) is 11.9 Å². The Kier molecular flexibility index (Phi) is 7.38. The lowest BCUT2D eigenvalue weighted by Gasteiger charge is -2.99. The SMILES string of the molecule is CNC(=O)CCC(C=O)N1Cc2c(SCCCCCCCCNC34CC5CC6(C)CC(C)(C3)C564)cccc2C1=O. The summed E-state index contributed by atoms with van der Waals surface area (Å²) in [4.78, 5) is 39.2. The number of fused-ring (bicyclic) bond motifs is 1. The molecule has 6 nitrogen and oxygen atoms in total. The molecule has 1 spiro atoms. The van der Waals surface area contributed by atoms with Gasteiger partial charge in [0.15, 0.2) is 0 Å². The predicted octanol–water partition coefficient (Wildman–Crippen LogP) is 5.73. The molecule has 0 radical (unpaired) electrons. The first-order chi connectivity index (χ1) is 19.2. The number of carbonyl (C=O) groups is 3. The zero-order chi connectivity index (χ0) is 28.2. The maximum absolute atomic E-state index is 13.0. The number of carbonyl (C=O) groups excluding carboxylic acids is 3. The second-order valence-corrected chi connectivity index (χ2v) is 15.1. The highest BCUT2D eigenvalue weighted by atomic mass is 32.2. The largest absolute Gasteiger partial charge is 0.359 e. The van der Waals surface area contributed by atoms with Gasteiger partial charge < -0.3 is 20.3 Å². The van der Waals surface area contributed by atoms with Gasteiger partial charge in [-0.3, -0.25) is 9.59 Å². The third-order valence-electron chi connectivity index (χ3n) is 11.8. The van der Waals surface area contributed by atoms with Crippen molar-refractivity contribution in [1.82, 2.24) is 15.5 Å². The van der Waals surface area contributed by atoms with Crippen molar-refractivity contribution in [2.24, 2.45) is 22.2 Å². The van der Waals surface area contributed by atoms with Gasteiger partial charge in [0.05, 0.1) is 6.04 Å². The van der Waals surface area contributed by atoms with Crippen molar-refractivity contribution in [1.29, 1.82) is 0 Å². The number of benzene rings is 1. The van der Waals surface area contributed by atoms with E-state index in [1.807, 2.05) is 23.9 Å². The minimum atomic E-state index is -0.569. The molecule has 1 aliphatic heterocycles. The number of nitrogens with one attached hydrogen (secondary N) is 2. The van der Waals surface area contributed by atoms with Crippen LogP contribution in [0.5, 0.6) is 0 Å². The maximum atomic E-state index is 13.0. The lowest BCUT2D eigenvalue weighted by atomic mass is 9.07. The van der Waals surface area contributed by atoms with E-state index >= 15 is 0 Å². The second kappa shape index (κ2) is 10.4. The fraction of sp³-hybridized carbons (Fsp3) is 0.727. The van der Waals surface area contributed by atoms with Gasteiger partial charge >= 0.3 is 0 Å². The van der Waals surface area contributed by atoms with Crippen LogP contribution in [0.15, 0.2) is 23.1 Å². The van der Waals surface area contributed by atoms with E-state index in [9.17, 15) is 14.4 Å². The minimum Gasteiger partial charge on any atom is -0.359 e. The molecule has 4 saturated carbocycles. The summed E-state index contributed by atoms with van der Waals surface area (Å²) in [7, 11) is 1.58. The zero-order valence-corrected chi connectivity index (χ0v) is 25.5. The highest BCUT2D eigenvalue weighted by Crippen LogP contribution is 2.98. The molecule has 4 aliphatic carbocycles. The molecule has 5 aliphatic rings. The highest BCUT2D eigenvalue weighted by Gasteiger charge is 2.96. The van der Waals surface area contributed by atoms with Crippen molar-refractivity contribution in [2.75, 3.05) is 19.3 Å². The molecule has 1 aromatic rings. The molecule has 40 heavy (non-hydrogen) atoms. The summed E-state index contributed by atoms with van der Waals surface area (Å²) in [6, 6.07) is 5.33. The number of amides is 2. The van der Waals surface area contributed by atoms with Crippen LogP contribution in [-0.4, -0.2) is 53.9 Å². The Balaban J connectivity index is 0.865. The highest BCUT2D eigenvalue weighted by molar-refractivity contribution is 7.99. The number of hydrogen-bond donors (Lipinski definition) is 2. The van der Waals surface area contributed by atoms with Crippen LogP contribution >= 0.6 is 11.8 Å². The van der Waals surface area contributed by atoms with E-state index in [0.29, 0.717) is 40.3 Å². The van der Waals surface area contributed by atoms with Crippen molar-refractivity contribution in [3.63, 3.8) is 0 Å². The Hall–Kier alpha value is -1.86. The first kappa shape index (κ1) is 28.3. The summed E-state index contributed by atoms with van der Waals surface area (Å²) >= 11 is 1.83. The molecule has 0 bridgehead atoms. The summed E-state index contributed by atoms with van der Waals surface area (Å²) in [6.07, 6.45) is 14.9. The number of hydrogen-bond acceptors (Lipinski definition) is 5. The van der Waals surface area contributed by atoms with Crippen LogP contribution in [0.1, 0.15) is 107 Å². The first-order valence-electron chi connectivity index (χ1n) is 15.7. The van der Waals surface area contributed by atoms with E-state index in [2.05, 4.69) is 30.5 Å². The van der Waals surface area contributed by atoms with Crippen LogP contribution in [0.2, 0.25) is 0 Å². The van der Waals surface area contributed by atoms with Crippen LogP contribution in [-0.2, 0) is 16.1 Å². The quantitative estimate of drug-likeness (QED) is 0.152. The van der Waals surface area contributed by atoms with Gasteiger partial charge in [0.2, 0.25) is 5.91 Å². The predicted molar refractivity (Wildman–Crippen MR) is 159 cm³/mol. The Bertz CT molecular complexity index is 1180. The summed E-state index contributed by atoms with van der Waals surface area (Å²) in [6.45, 7) is 6.78. The average molecular weight is 566 g/mol. The molecule has 218 valence electrons. The molecule has 6 atom stereocenters. The lowest BCUT2D eigenvalue weighted by Crippen LogP contribution is -2.99. The van der Waals surface area contributed by atoms with Crippen molar-refractivity contribution in [3.05, 3.63) is 29.3 Å². The third-order valence-corrected chi connectivity index (χ3v) is 13.0. The van der Waals surface area contributed by atoms with E-state index < -0.39 is 6.04 Å². The number of thioether (sulfide) groups is 1. The third kappa shape index (κ3) is 3.96. The smallest absolute Gasteiger partial charge is 0.255 e. The van der Waals surface area contributed by atoms with Crippen molar-refractivity contribution >= 4 is 29.9 Å². The molecule has 0 aromatic heterocycles. The molecular weight excluding hydrogens is 518 g/mol. The maximum Gasteiger partial charge on any atom is 0.255 e. The molecule has 6 unspecified atom stereocenters. The molecule has 7 heteroatoms. The molecular formula is C33H47N3O3S. The normalized spacial score (nSPS) is 34.8. The Labute approximate surface area is 244 Å². The molecule has 2 amide bonds. The summed E-state index contributed by atoms with van der Waals surface area (Å²) in [5, 5.41) is 6.66. The molecule has 1 aromatic carbocycles. The number of rotatable bonds is 16. The second-order valence-electron chi connectivity index (χ2n) is 14.0. The van der Waals surface area contributed by atoms with Gasteiger partial charge in [-0.05, 0) is 91.7 Å².